The van der Waals surface area contributed by atoms with Crippen LogP contribution >= 0.6 is 27.3 Å². The van der Waals surface area contributed by atoms with Crippen molar-refractivity contribution >= 4 is 27.3 Å². The molecule has 2 fully saturated rings. The van der Waals surface area contributed by atoms with Crippen LogP contribution in [0, 0.1) is 5.92 Å². The summed E-state index contributed by atoms with van der Waals surface area (Å²) < 4.78 is 1.25. The average Bonchev–Trinajstić information content (AvgIpc) is 2.84. The Balaban J connectivity index is 1.61. The van der Waals surface area contributed by atoms with Gasteiger partial charge in [-0.15, -0.1) is 11.3 Å². The molecule has 1 N–H and O–H groups in total. The lowest BCUT2D eigenvalue weighted by atomic mass is 9.94. The molecule has 0 unspecified atom stereocenters. The van der Waals surface area contributed by atoms with Gasteiger partial charge in [-0.05, 0) is 53.4 Å². The summed E-state index contributed by atoms with van der Waals surface area (Å²) in [7, 11) is 0. The SMILES string of the molecule is Brc1ccc(CN2C[C@@H]3CCCN[C@@H]3C2)s1. The predicted molar refractivity (Wildman–Crippen MR) is 71.8 cm³/mol. The van der Waals surface area contributed by atoms with Crippen LogP contribution in [0.4, 0.5) is 0 Å². The van der Waals surface area contributed by atoms with Gasteiger partial charge in [-0.25, -0.2) is 0 Å². The van der Waals surface area contributed by atoms with E-state index in [1.807, 2.05) is 11.3 Å². The number of likely N-dealkylation sites (tertiary alicyclic amines) is 1. The maximum Gasteiger partial charge on any atom is 0.0701 e. The summed E-state index contributed by atoms with van der Waals surface area (Å²) in [6.45, 7) is 4.87. The molecule has 88 valence electrons. The summed E-state index contributed by atoms with van der Waals surface area (Å²) in [5, 5.41) is 3.65. The highest BCUT2D eigenvalue weighted by Crippen LogP contribution is 2.28. The van der Waals surface area contributed by atoms with Gasteiger partial charge in [0.25, 0.3) is 0 Å². The van der Waals surface area contributed by atoms with Crippen molar-refractivity contribution in [1.29, 1.82) is 0 Å². The maximum atomic E-state index is 3.65. The number of halogens is 1. The summed E-state index contributed by atoms with van der Waals surface area (Å²) in [6.07, 6.45) is 2.78. The molecule has 16 heavy (non-hydrogen) atoms. The summed E-state index contributed by atoms with van der Waals surface area (Å²) in [6, 6.07) is 5.16. The molecule has 1 aromatic heterocycles. The summed E-state index contributed by atoms with van der Waals surface area (Å²) in [4.78, 5) is 4.08. The van der Waals surface area contributed by atoms with Crippen LogP contribution in [0.3, 0.4) is 0 Å². The molecular formula is C12H17BrN2S. The smallest absolute Gasteiger partial charge is 0.0701 e. The molecule has 2 nitrogen and oxygen atoms in total. The third-order valence-electron chi connectivity index (χ3n) is 3.68. The van der Waals surface area contributed by atoms with Gasteiger partial charge in [-0.1, -0.05) is 0 Å². The normalized spacial score (nSPS) is 30.6. The number of piperidine rings is 1. The molecule has 0 spiro atoms. The van der Waals surface area contributed by atoms with Crippen LogP contribution in [-0.4, -0.2) is 30.6 Å². The monoisotopic (exact) mass is 300 g/mol. The molecule has 2 aliphatic rings. The molecule has 1 aromatic rings. The first-order chi connectivity index (χ1) is 7.81. The van der Waals surface area contributed by atoms with E-state index in [4.69, 9.17) is 0 Å². The molecule has 2 saturated heterocycles. The lowest BCUT2D eigenvalue weighted by Gasteiger charge is -2.24. The molecule has 2 atom stereocenters. The molecule has 4 heteroatoms. The van der Waals surface area contributed by atoms with Crippen molar-refractivity contribution in [2.45, 2.75) is 25.4 Å². The number of thiophene rings is 1. The Bertz CT molecular complexity index is 352. The van der Waals surface area contributed by atoms with E-state index in [1.165, 1.54) is 41.1 Å². The van der Waals surface area contributed by atoms with Gasteiger partial charge in [0.2, 0.25) is 0 Å². The molecule has 0 radical (unpaired) electrons. The van der Waals surface area contributed by atoms with Gasteiger partial charge in [0.1, 0.15) is 0 Å². The molecule has 0 aliphatic carbocycles. The minimum atomic E-state index is 0.761. The summed E-state index contributed by atoms with van der Waals surface area (Å²) in [5.74, 6) is 0.900. The number of hydrogen-bond donors (Lipinski definition) is 1. The van der Waals surface area contributed by atoms with E-state index in [1.54, 1.807) is 0 Å². The second-order valence-corrected chi connectivity index (χ2v) is 7.41. The van der Waals surface area contributed by atoms with Crippen LogP contribution in [0.2, 0.25) is 0 Å². The second-order valence-electron chi connectivity index (χ2n) is 4.86. The maximum absolute atomic E-state index is 3.65. The van der Waals surface area contributed by atoms with Gasteiger partial charge < -0.3 is 5.32 Å². The van der Waals surface area contributed by atoms with E-state index in [0.29, 0.717) is 0 Å². The largest absolute Gasteiger partial charge is 0.312 e. The van der Waals surface area contributed by atoms with Crippen molar-refractivity contribution in [3.8, 4) is 0 Å². The molecular weight excluding hydrogens is 284 g/mol. The van der Waals surface area contributed by atoms with Crippen LogP contribution in [-0.2, 0) is 6.54 Å². The van der Waals surface area contributed by atoms with Crippen LogP contribution in [0.15, 0.2) is 15.9 Å². The summed E-state index contributed by atoms with van der Waals surface area (Å²) in [5.41, 5.74) is 0. The summed E-state index contributed by atoms with van der Waals surface area (Å²) >= 11 is 5.39. The second kappa shape index (κ2) is 4.77. The standard InChI is InChI=1S/C12H17BrN2S/c13-12-4-3-10(16-12)7-15-6-9-2-1-5-14-11(9)8-15/h3-4,9,11,14H,1-2,5-8H2/t9-,11+/m0/s1. The van der Waals surface area contributed by atoms with E-state index in [9.17, 15) is 0 Å². The van der Waals surface area contributed by atoms with Crippen LogP contribution in [0.25, 0.3) is 0 Å². The Morgan fingerprint density at radius 1 is 1.44 bits per heavy atom. The van der Waals surface area contributed by atoms with Crippen molar-refractivity contribution in [3.63, 3.8) is 0 Å². The van der Waals surface area contributed by atoms with Crippen molar-refractivity contribution in [2.75, 3.05) is 19.6 Å². The van der Waals surface area contributed by atoms with Crippen molar-refractivity contribution in [2.24, 2.45) is 5.92 Å². The van der Waals surface area contributed by atoms with E-state index in [2.05, 4.69) is 38.3 Å². The minimum absolute atomic E-state index is 0.761. The van der Waals surface area contributed by atoms with Gasteiger partial charge in [0.05, 0.1) is 3.79 Å². The number of nitrogens with zero attached hydrogens (tertiary/aromatic N) is 1. The lowest BCUT2D eigenvalue weighted by molar-refractivity contribution is 0.315. The number of nitrogens with one attached hydrogen (secondary N) is 1. The predicted octanol–water partition coefficient (Wildman–Crippen LogP) is 2.69. The molecule has 0 bridgehead atoms. The first-order valence-electron chi connectivity index (χ1n) is 6.01. The van der Waals surface area contributed by atoms with Gasteiger partial charge in [0, 0.05) is 30.6 Å². The average molecular weight is 301 g/mol. The number of fused-ring (bicyclic) bond motifs is 1. The van der Waals surface area contributed by atoms with Crippen molar-refractivity contribution in [3.05, 3.63) is 20.8 Å². The van der Waals surface area contributed by atoms with Gasteiger partial charge in [0.15, 0.2) is 0 Å². The van der Waals surface area contributed by atoms with Gasteiger partial charge >= 0.3 is 0 Å². The quantitative estimate of drug-likeness (QED) is 0.903. The zero-order valence-electron chi connectivity index (χ0n) is 9.29. The fourth-order valence-corrected chi connectivity index (χ4v) is 4.45. The molecule has 3 rings (SSSR count). The lowest BCUT2D eigenvalue weighted by Crippen LogP contribution is -2.40. The highest BCUT2D eigenvalue weighted by atomic mass is 79.9. The fraction of sp³-hybridized carbons (Fsp3) is 0.667. The van der Waals surface area contributed by atoms with Crippen LogP contribution in [0.5, 0.6) is 0 Å². The molecule has 0 saturated carbocycles. The molecule has 3 heterocycles. The zero-order valence-corrected chi connectivity index (χ0v) is 11.7. The van der Waals surface area contributed by atoms with E-state index < -0.39 is 0 Å². The van der Waals surface area contributed by atoms with E-state index >= 15 is 0 Å². The Hall–Kier alpha value is 0.1000. The first kappa shape index (κ1) is 11.2. The van der Waals surface area contributed by atoms with E-state index in [0.717, 1.165) is 18.5 Å². The molecule has 0 amide bonds. The van der Waals surface area contributed by atoms with Gasteiger partial charge in [-0.3, -0.25) is 4.90 Å². The van der Waals surface area contributed by atoms with Crippen LogP contribution in [0.1, 0.15) is 17.7 Å². The van der Waals surface area contributed by atoms with E-state index in [-0.39, 0.29) is 0 Å². The molecule has 2 aliphatic heterocycles. The fourth-order valence-electron chi connectivity index (χ4n) is 2.92. The van der Waals surface area contributed by atoms with Crippen LogP contribution < -0.4 is 5.32 Å². The topological polar surface area (TPSA) is 15.3 Å². The Labute approximate surface area is 109 Å². The van der Waals surface area contributed by atoms with Gasteiger partial charge in [-0.2, -0.15) is 0 Å². The Kier molecular flexibility index (Phi) is 3.34. The number of hydrogen-bond acceptors (Lipinski definition) is 3. The first-order valence-corrected chi connectivity index (χ1v) is 7.62. The molecule has 0 aromatic carbocycles. The highest BCUT2D eigenvalue weighted by molar-refractivity contribution is 9.11. The Morgan fingerprint density at radius 2 is 2.38 bits per heavy atom. The third-order valence-corrected chi connectivity index (χ3v) is 5.29. The third kappa shape index (κ3) is 2.35. The van der Waals surface area contributed by atoms with Crippen molar-refractivity contribution in [1.82, 2.24) is 10.2 Å². The van der Waals surface area contributed by atoms with Crippen molar-refractivity contribution < 1.29 is 0 Å². The highest BCUT2D eigenvalue weighted by Gasteiger charge is 2.33. The zero-order chi connectivity index (χ0) is 11.0. The number of rotatable bonds is 2. The minimum Gasteiger partial charge on any atom is -0.312 e. The Morgan fingerprint density at radius 3 is 3.12 bits per heavy atom.